The van der Waals surface area contributed by atoms with Crippen LogP contribution in [-0.4, -0.2) is 31.2 Å². The van der Waals surface area contributed by atoms with Gasteiger partial charge in [0.15, 0.2) is 11.5 Å². The van der Waals surface area contributed by atoms with E-state index < -0.39 is 18.3 Å². The summed E-state index contributed by atoms with van der Waals surface area (Å²) in [5.74, 6) is -0.530. The monoisotopic (exact) mass is 253 g/mol. The molecule has 1 rings (SSSR count). The SMILES string of the molecule is COc1ccc(CNC(=O)CC(=O)O)cc1OC. The Hall–Kier alpha value is -2.24. The Morgan fingerprint density at radius 3 is 2.44 bits per heavy atom. The van der Waals surface area contributed by atoms with E-state index in [1.165, 1.54) is 14.2 Å². The summed E-state index contributed by atoms with van der Waals surface area (Å²) in [6.45, 7) is 0.243. The van der Waals surface area contributed by atoms with E-state index in [4.69, 9.17) is 14.6 Å². The van der Waals surface area contributed by atoms with Crippen molar-refractivity contribution in [3.8, 4) is 11.5 Å². The second kappa shape index (κ2) is 6.48. The van der Waals surface area contributed by atoms with E-state index in [0.717, 1.165) is 5.56 Å². The molecule has 1 amide bonds. The predicted molar refractivity (Wildman–Crippen MR) is 63.6 cm³/mol. The highest BCUT2D eigenvalue weighted by Gasteiger charge is 2.08. The molecule has 0 saturated carbocycles. The first-order chi connectivity index (χ1) is 8.56. The molecule has 98 valence electrons. The molecule has 1 aromatic rings. The van der Waals surface area contributed by atoms with E-state index in [2.05, 4.69) is 5.32 Å². The molecule has 6 nitrogen and oxygen atoms in total. The zero-order valence-electron chi connectivity index (χ0n) is 10.2. The number of benzene rings is 1. The standard InChI is InChI=1S/C12H15NO5/c1-17-9-4-3-8(5-10(9)18-2)7-13-11(14)6-12(15)16/h3-5H,6-7H2,1-2H3,(H,13,14)(H,15,16). The van der Waals surface area contributed by atoms with Crippen LogP contribution in [0.25, 0.3) is 0 Å². The summed E-state index contributed by atoms with van der Waals surface area (Å²) >= 11 is 0. The van der Waals surface area contributed by atoms with Crippen molar-refractivity contribution in [3.63, 3.8) is 0 Å². The van der Waals surface area contributed by atoms with Gasteiger partial charge in [-0.3, -0.25) is 9.59 Å². The quantitative estimate of drug-likeness (QED) is 0.732. The maximum atomic E-state index is 11.2. The minimum absolute atomic E-state index is 0.243. The van der Waals surface area contributed by atoms with Gasteiger partial charge in [0.1, 0.15) is 6.42 Å². The van der Waals surface area contributed by atoms with E-state index in [1.54, 1.807) is 18.2 Å². The number of nitrogens with one attached hydrogen (secondary N) is 1. The highest BCUT2D eigenvalue weighted by molar-refractivity contribution is 5.93. The highest BCUT2D eigenvalue weighted by atomic mass is 16.5. The molecule has 0 aromatic heterocycles. The molecule has 0 bridgehead atoms. The van der Waals surface area contributed by atoms with Gasteiger partial charge in [-0.2, -0.15) is 0 Å². The van der Waals surface area contributed by atoms with Crippen molar-refractivity contribution < 1.29 is 24.2 Å². The fraction of sp³-hybridized carbons (Fsp3) is 0.333. The molecule has 0 aliphatic heterocycles. The van der Waals surface area contributed by atoms with E-state index in [0.29, 0.717) is 11.5 Å². The summed E-state index contributed by atoms with van der Waals surface area (Å²) in [6, 6.07) is 5.21. The number of hydrogen-bond acceptors (Lipinski definition) is 4. The summed E-state index contributed by atoms with van der Waals surface area (Å²) in [6.07, 6.45) is -0.534. The molecule has 0 spiro atoms. The predicted octanol–water partition coefficient (Wildman–Crippen LogP) is 0.795. The van der Waals surface area contributed by atoms with Gasteiger partial charge in [0.25, 0.3) is 0 Å². The number of carboxylic acids is 1. The normalized spacial score (nSPS) is 9.67. The largest absolute Gasteiger partial charge is 0.493 e. The van der Waals surface area contributed by atoms with E-state index in [-0.39, 0.29) is 6.54 Å². The average molecular weight is 253 g/mol. The number of carbonyl (C=O) groups excluding carboxylic acids is 1. The van der Waals surface area contributed by atoms with Crippen LogP contribution in [0.5, 0.6) is 11.5 Å². The Morgan fingerprint density at radius 2 is 1.89 bits per heavy atom. The van der Waals surface area contributed by atoms with Crippen molar-refractivity contribution in [3.05, 3.63) is 23.8 Å². The number of amides is 1. The molecule has 0 aliphatic rings. The molecular weight excluding hydrogens is 238 g/mol. The van der Waals surface area contributed by atoms with Crippen LogP contribution < -0.4 is 14.8 Å². The zero-order valence-corrected chi connectivity index (χ0v) is 10.2. The molecular formula is C12H15NO5. The Labute approximate surface area is 105 Å². The third-order valence-electron chi connectivity index (χ3n) is 2.25. The van der Waals surface area contributed by atoms with Crippen LogP contribution in [-0.2, 0) is 16.1 Å². The van der Waals surface area contributed by atoms with E-state index in [9.17, 15) is 9.59 Å². The average Bonchev–Trinajstić information content (AvgIpc) is 2.35. The molecule has 18 heavy (non-hydrogen) atoms. The smallest absolute Gasteiger partial charge is 0.312 e. The Kier molecular flexibility index (Phi) is 4.98. The minimum Gasteiger partial charge on any atom is -0.493 e. The van der Waals surface area contributed by atoms with Crippen molar-refractivity contribution in [2.45, 2.75) is 13.0 Å². The van der Waals surface area contributed by atoms with Crippen LogP contribution in [0.4, 0.5) is 0 Å². The lowest BCUT2D eigenvalue weighted by Gasteiger charge is -2.10. The van der Waals surface area contributed by atoms with Gasteiger partial charge in [0, 0.05) is 6.54 Å². The van der Waals surface area contributed by atoms with Gasteiger partial charge in [-0.1, -0.05) is 6.07 Å². The van der Waals surface area contributed by atoms with Crippen LogP contribution in [0.15, 0.2) is 18.2 Å². The van der Waals surface area contributed by atoms with Crippen molar-refractivity contribution in [2.75, 3.05) is 14.2 Å². The summed E-state index contributed by atoms with van der Waals surface area (Å²) in [5.41, 5.74) is 0.798. The number of aliphatic carboxylic acids is 1. The number of rotatable bonds is 6. The number of carboxylic acid groups (broad SMARTS) is 1. The Balaban J connectivity index is 2.63. The molecule has 0 fully saturated rings. The van der Waals surface area contributed by atoms with Gasteiger partial charge in [0.2, 0.25) is 5.91 Å². The summed E-state index contributed by atoms with van der Waals surface area (Å²) in [4.78, 5) is 21.5. The van der Waals surface area contributed by atoms with E-state index >= 15 is 0 Å². The summed E-state index contributed by atoms with van der Waals surface area (Å²) in [7, 11) is 3.05. The maximum Gasteiger partial charge on any atom is 0.312 e. The summed E-state index contributed by atoms with van der Waals surface area (Å²) < 4.78 is 10.2. The highest BCUT2D eigenvalue weighted by Crippen LogP contribution is 2.27. The van der Waals surface area contributed by atoms with Crippen LogP contribution >= 0.6 is 0 Å². The number of ether oxygens (including phenoxy) is 2. The van der Waals surface area contributed by atoms with Crippen molar-refractivity contribution in [1.29, 1.82) is 0 Å². The fourth-order valence-electron chi connectivity index (χ4n) is 1.39. The third-order valence-corrected chi connectivity index (χ3v) is 2.25. The van der Waals surface area contributed by atoms with Crippen molar-refractivity contribution >= 4 is 11.9 Å². The third kappa shape index (κ3) is 3.97. The van der Waals surface area contributed by atoms with Gasteiger partial charge in [0.05, 0.1) is 14.2 Å². The van der Waals surface area contributed by atoms with Gasteiger partial charge < -0.3 is 19.9 Å². The molecule has 1 aromatic carbocycles. The molecule has 0 aliphatic carbocycles. The second-order valence-electron chi connectivity index (χ2n) is 3.54. The molecule has 6 heteroatoms. The minimum atomic E-state index is -1.15. The summed E-state index contributed by atoms with van der Waals surface area (Å²) in [5, 5.41) is 10.9. The van der Waals surface area contributed by atoms with Crippen molar-refractivity contribution in [2.24, 2.45) is 0 Å². The molecule has 0 radical (unpaired) electrons. The molecule has 0 saturated heterocycles. The van der Waals surface area contributed by atoms with Gasteiger partial charge in [-0.05, 0) is 17.7 Å². The zero-order chi connectivity index (χ0) is 13.5. The molecule has 0 unspecified atom stereocenters. The first-order valence-corrected chi connectivity index (χ1v) is 5.26. The topological polar surface area (TPSA) is 84.9 Å². The van der Waals surface area contributed by atoms with Crippen LogP contribution in [0.3, 0.4) is 0 Å². The van der Waals surface area contributed by atoms with Crippen LogP contribution in [0.1, 0.15) is 12.0 Å². The molecule has 0 heterocycles. The van der Waals surface area contributed by atoms with Gasteiger partial charge >= 0.3 is 5.97 Å². The number of carbonyl (C=O) groups is 2. The molecule has 2 N–H and O–H groups in total. The van der Waals surface area contributed by atoms with E-state index in [1.807, 2.05) is 0 Å². The Bertz CT molecular complexity index is 444. The van der Waals surface area contributed by atoms with Gasteiger partial charge in [-0.15, -0.1) is 0 Å². The first-order valence-electron chi connectivity index (χ1n) is 5.26. The second-order valence-corrected chi connectivity index (χ2v) is 3.54. The number of hydrogen-bond donors (Lipinski definition) is 2. The van der Waals surface area contributed by atoms with Crippen LogP contribution in [0, 0.1) is 0 Å². The Morgan fingerprint density at radius 1 is 1.22 bits per heavy atom. The van der Waals surface area contributed by atoms with Gasteiger partial charge in [-0.25, -0.2) is 0 Å². The lowest BCUT2D eigenvalue weighted by Crippen LogP contribution is -2.25. The maximum absolute atomic E-state index is 11.2. The van der Waals surface area contributed by atoms with Crippen molar-refractivity contribution in [1.82, 2.24) is 5.32 Å². The fourth-order valence-corrected chi connectivity index (χ4v) is 1.39. The lowest BCUT2D eigenvalue weighted by molar-refractivity contribution is -0.140. The lowest BCUT2D eigenvalue weighted by atomic mass is 10.2. The molecule has 0 atom stereocenters. The van der Waals surface area contributed by atoms with Crippen LogP contribution in [0.2, 0.25) is 0 Å². The number of methoxy groups -OCH3 is 2. The first kappa shape index (κ1) is 13.8.